The number of nitrogen functional groups attached to an aromatic ring is 1. The fraction of sp³-hybridized carbons (Fsp3) is 0.636. The van der Waals surface area contributed by atoms with Gasteiger partial charge in [0.1, 0.15) is 16.2 Å². The van der Waals surface area contributed by atoms with Crippen molar-refractivity contribution in [2.24, 2.45) is 0 Å². The Labute approximate surface area is 99.0 Å². The quantitative estimate of drug-likeness (QED) is 0.807. The van der Waals surface area contributed by atoms with Gasteiger partial charge in [-0.05, 0) is 45.1 Å². The molecule has 0 amide bonds. The Hall–Kier alpha value is -1.10. The van der Waals surface area contributed by atoms with Gasteiger partial charge >= 0.3 is 5.97 Å². The van der Waals surface area contributed by atoms with Crippen LogP contribution in [0.4, 0.5) is 5.00 Å². The predicted molar refractivity (Wildman–Crippen MR) is 63.7 cm³/mol. The molecular weight excluding hydrogens is 224 g/mol. The molecule has 0 aliphatic heterocycles. The summed E-state index contributed by atoms with van der Waals surface area (Å²) in [5, 5.41) is 0.469. The zero-order valence-corrected chi connectivity index (χ0v) is 10.6. The Kier molecular flexibility index (Phi) is 2.66. The van der Waals surface area contributed by atoms with Crippen LogP contribution in [0.25, 0.3) is 0 Å². The molecule has 0 saturated heterocycles. The molecule has 2 rings (SSSR count). The van der Waals surface area contributed by atoms with Crippen molar-refractivity contribution >= 4 is 22.5 Å². The first-order valence-corrected chi connectivity index (χ1v) is 6.14. The number of anilines is 1. The van der Waals surface area contributed by atoms with E-state index in [1.54, 1.807) is 0 Å². The van der Waals surface area contributed by atoms with Crippen molar-refractivity contribution < 1.29 is 9.53 Å². The molecule has 0 bridgehead atoms. The van der Waals surface area contributed by atoms with E-state index in [4.69, 9.17) is 10.5 Å². The standard InChI is InChI=1S/C11H16N2O2S/c1-11(2,3)15-10(14)7-8(6-4-5-6)13-16-9(7)12/h6H,4-5,12H2,1-3H3. The van der Waals surface area contributed by atoms with Crippen LogP contribution in [0, 0.1) is 0 Å². The average molecular weight is 240 g/mol. The lowest BCUT2D eigenvalue weighted by molar-refractivity contribution is 0.00698. The fourth-order valence-corrected chi connectivity index (χ4v) is 2.20. The van der Waals surface area contributed by atoms with Crippen LogP contribution in [-0.2, 0) is 4.74 Å². The van der Waals surface area contributed by atoms with E-state index in [-0.39, 0.29) is 5.97 Å². The molecule has 1 aliphatic rings. The predicted octanol–water partition coefficient (Wildman–Crippen LogP) is 2.56. The van der Waals surface area contributed by atoms with Crippen LogP contribution >= 0.6 is 11.5 Å². The summed E-state index contributed by atoms with van der Waals surface area (Å²) < 4.78 is 9.57. The second-order valence-corrected chi connectivity index (χ2v) is 5.89. The van der Waals surface area contributed by atoms with E-state index in [2.05, 4.69) is 4.37 Å². The second kappa shape index (κ2) is 3.73. The molecule has 1 aliphatic carbocycles. The molecule has 1 heterocycles. The SMILES string of the molecule is CC(C)(C)OC(=O)c1c(C2CC2)nsc1N. The maximum absolute atomic E-state index is 12.0. The highest BCUT2D eigenvalue weighted by Crippen LogP contribution is 2.43. The number of nitrogens with two attached hydrogens (primary N) is 1. The number of esters is 1. The van der Waals surface area contributed by atoms with Crippen LogP contribution in [0.5, 0.6) is 0 Å². The molecule has 5 heteroatoms. The van der Waals surface area contributed by atoms with Crippen molar-refractivity contribution in [2.75, 3.05) is 5.73 Å². The van der Waals surface area contributed by atoms with E-state index in [0.717, 1.165) is 18.5 Å². The normalized spacial score (nSPS) is 16.2. The molecule has 0 atom stereocenters. The molecule has 0 spiro atoms. The summed E-state index contributed by atoms with van der Waals surface area (Å²) >= 11 is 1.18. The third-order valence-corrected chi connectivity index (χ3v) is 3.00. The number of hydrogen-bond donors (Lipinski definition) is 1. The average Bonchev–Trinajstić information content (AvgIpc) is 2.87. The molecule has 1 aromatic heterocycles. The molecule has 1 fully saturated rings. The molecule has 4 nitrogen and oxygen atoms in total. The van der Waals surface area contributed by atoms with Crippen molar-refractivity contribution in [3.05, 3.63) is 11.3 Å². The van der Waals surface area contributed by atoms with Crippen molar-refractivity contribution in [1.82, 2.24) is 4.37 Å². The van der Waals surface area contributed by atoms with E-state index in [1.807, 2.05) is 20.8 Å². The molecule has 0 unspecified atom stereocenters. The third kappa shape index (κ3) is 2.35. The van der Waals surface area contributed by atoms with Gasteiger partial charge in [0.05, 0.1) is 5.69 Å². The van der Waals surface area contributed by atoms with Gasteiger partial charge in [-0.3, -0.25) is 0 Å². The van der Waals surface area contributed by atoms with Gasteiger partial charge < -0.3 is 10.5 Å². The first-order valence-electron chi connectivity index (χ1n) is 5.37. The van der Waals surface area contributed by atoms with Crippen LogP contribution in [0.1, 0.15) is 55.6 Å². The Morgan fingerprint density at radius 1 is 1.50 bits per heavy atom. The van der Waals surface area contributed by atoms with E-state index in [9.17, 15) is 4.79 Å². The zero-order chi connectivity index (χ0) is 11.9. The van der Waals surface area contributed by atoms with Gasteiger partial charge in [0.2, 0.25) is 0 Å². The van der Waals surface area contributed by atoms with E-state index in [0.29, 0.717) is 16.5 Å². The van der Waals surface area contributed by atoms with Crippen LogP contribution in [-0.4, -0.2) is 15.9 Å². The first kappa shape index (κ1) is 11.4. The van der Waals surface area contributed by atoms with Crippen molar-refractivity contribution in [3.63, 3.8) is 0 Å². The summed E-state index contributed by atoms with van der Waals surface area (Å²) in [7, 11) is 0. The molecule has 1 saturated carbocycles. The van der Waals surface area contributed by atoms with Gasteiger partial charge in [-0.2, -0.15) is 4.37 Å². The van der Waals surface area contributed by atoms with Gasteiger partial charge in [0.25, 0.3) is 0 Å². The Balaban J connectivity index is 2.25. The van der Waals surface area contributed by atoms with Gasteiger partial charge in [-0.15, -0.1) is 0 Å². The largest absolute Gasteiger partial charge is 0.456 e. The summed E-state index contributed by atoms with van der Waals surface area (Å²) in [6, 6.07) is 0. The maximum Gasteiger partial charge on any atom is 0.343 e. The van der Waals surface area contributed by atoms with Crippen LogP contribution in [0.15, 0.2) is 0 Å². The van der Waals surface area contributed by atoms with E-state index in [1.165, 1.54) is 11.5 Å². The minimum atomic E-state index is -0.494. The van der Waals surface area contributed by atoms with Crippen LogP contribution in [0.2, 0.25) is 0 Å². The van der Waals surface area contributed by atoms with Gasteiger partial charge in [-0.1, -0.05) is 0 Å². The van der Waals surface area contributed by atoms with Gasteiger partial charge in [0, 0.05) is 5.92 Å². The lowest BCUT2D eigenvalue weighted by atomic mass is 10.1. The number of rotatable bonds is 2. The summed E-state index contributed by atoms with van der Waals surface area (Å²) in [4.78, 5) is 12.0. The summed E-state index contributed by atoms with van der Waals surface area (Å²) in [6.45, 7) is 5.53. The molecule has 0 radical (unpaired) electrons. The fourth-order valence-electron chi connectivity index (χ4n) is 1.49. The Morgan fingerprint density at radius 3 is 2.62 bits per heavy atom. The number of nitrogens with zero attached hydrogens (tertiary/aromatic N) is 1. The molecular formula is C11H16N2O2S. The number of carbonyl (C=O) groups is 1. The van der Waals surface area contributed by atoms with Gasteiger partial charge in [-0.25, -0.2) is 4.79 Å². The Bertz CT molecular complexity index is 416. The lowest BCUT2D eigenvalue weighted by Crippen LogP contribution is -2.24. The smallest absolute Gasteiger partial charge is 0.343 e. The minimum Gasteiger partial charge on any atom is -0.456 e. The molecule has 1 aromatic rings. The summed E-state index contributed by atoms with van der Waals surface area (Å²) in [5.74, 6) is 0.0664. The van der Waals surface area contributed by atoms with Crippen molar-refractivity contribution in [1.29, 1.82) is 0 Å². The topological polar surface area (TPSA) is 65.2 Å². The van der Waals surface area contributed by atoms with Crippen LogP contribution in [0.3, 0.4) is 0 Å². The highest BCUT2D eigenvalue weighted by molar-refractivity contribution is 7.10. The second-order valence-electron chi connectivity index (χ2n) is 5.08. The van der Waals surface area contributed by atoms with E-state index >= 15 is 0 Å². The zero-order valence-electron chi connectivity index (χ0n) is 9.74. The van der Waals surface area contributed by atoms with E-state index < -0.39 is 5.60 Å². The maximum atomic E-state index is 12.0. The van der Waals surface area contributed by atoms with Gasteiger partial charge in [0.15, 0.2) is 0 Å². The molecule has 2 N–H and O–H groups in total. The number of carbonyl (C=O) groups excluding carboxylic acids is 1. The third-order valence-electron chi connectivity index (χ3n) is 2.31. The molecule has 16 heavy (non-hydrogen) atoms. The Morgan fingerprint density at radius 2 is 2.12 bits per heavy atom. The highest BCUT2D eigenvalue weighted by Gasteiger charge is 2.34. The first-order chi connectivity index (χ1) is 7.38. The van der Waals surface area contributed by atoms with Crippen molar-refractivity contribution in [3.8, 4) is 0 Å². The summed E-state index contributed by atoms with van der Waals surface area (Å²) in [5.41, 5.74) is 6.61. The monoisotopic (exact) mass is 240 g/mol. The summed E-state index contributed by atoms with van der Waals surface area (Å²) in [6.07, 6.45) is 2.19. The van der Waals surface area contributed by atoms with Crippen molar-refractivity contribution in [2.45, 2.75) is 45.1 Å². The lowest BCUT2D eigenvalue weighted by Gasteiger charge is -2.19. The van der Waals surface area contributed by atoms with Crippen LogP contribution < -0.4 is 5.73 Å². The molecule has 88 valence electrons. The number of aromatic nitrogens is 1. The number of hydrogen-bond acceptors (Lipinski definition) is 5. The number of ether oxygens (including phenoxy) is 1. The molecule has 0 aromatic carbocycles. The minimum absolute atomic E-state index is 0.347. The highest BCUT2D eigenvalue weighted by atomic mass is 32.1.